The molecule has 6 heteroatoms. The normalized spacial score (nSPS) is 20.8. The second kappa shape index (κ2) is 8.45. The van der Waals surface area contributed by atoms with Crippen molar-refractivity contribution in [3.8, 4) is 0 Å². The summed E-state index contributed by atoms with van der Waals surface area (Å²) in [5.74, 6) is 2.28. The largest absolute Gasteiger partial charge is 0.368 e. The van der Waals surface area contributed by atoms with E-state index in [0.29, 0.717) is 17.9 Å². The second-order valence-corrected chi connectivity index (χ2v) is 7.30. The van der Waals surface area contributed by atoms with Crippen LogP contribution in [0.1, 0.15) is 25.7 Å². The molecule has 0 atom stereocenters. The van der Waals surface area contributed by atoms with E-state index in [9.17, 15) is 0 Å². The first-order valence-electron chi connectivity index (χ1n) is 9.26. The number of hydrogen-bond acceptors (Lipinski definition) is 6. The minimum Gasteiger partial charge on any atom is -0.368 e. The van der Waals surface area contributed by atoms with Gasteiger partial charge in [-0.2, -0.15) is 4.98 Å². The molecule has 0 spiro atoms. The van der Waals surface area contributed by atoms with Crippen LogP contribution in [0.3, 0.4) is 0 Å². The van der Waals surface area contributed by atoms with Gasteiger partial charge >= 0.3 is 0 Å². The minimum absolute atomic E-state index is 0.390. The molecule has 4 N–H and O–H groups in total. The number of para-hydroxylation sites is 1. The molecule has 1 fully saturated rings. The lowest BCUT2D eigenvalue weighted by molar-refractivity contribution is 0.338. The molecular weight excluding hydrogens is 312 g/mol. The van der Waals surface area contributed by atoms with Crippen molar-refractivity contribution in [1.82, 2.24) is 14.9 Å². The summed E-state index contributed by atoms with van der Waals surface area (Å²) < 4.78 is 0. The molecule has 0 amide bonds. The lowest BCUT2D eigenvalue weighted by Crippen LogP contribution is -2.29. The Bertz CT molecular complexity index is 679. The zero-order chi connectivity index (χ0) is 17.6. The van der Waals surface area contributed by atoms with Crippen molar-refractivity contribution in [1.29, 1.82) is 0 Å². The Morgan fingerprint density at radius 3 is 2.60 bits per heavy atom. The van der Waals surface area contributed by atoms with Crippen LogP contribution in [0, 0.1) is 5.92 Å². The van der Waals surface area contributed by atoms with Crippen LogP contribution in [0.5, 0.6) is 0 Å². The summed E-state index contributed by atoms with van der Waals surface area (Å²) in [6.07, 6.45) is 4.63. The SMILES string of the molecule is CN(C)CCNc1nc(NCC2CCC(N)CC2)nc2ccccc12. The highest BCUT2D eigenvalue weighted by Crippen LogP contribution is 2.25. The molecule has 6 nitrogen and oxygen atoms in total. The Labute approximate surface area is 150 Å². The molecule has 0 aliphatic heterocycles. The number of benzene rings is 1. The zero-order valence-corrected chi connectivity index (χ0v) is 15.3. The molecule has 1 aliphatic carbocycles. The number of fused-ring (bicyclic) bond motifs is 1. The van der Waals surface area contributed by atoms with E-state index in [4.69, 9.17) is 10.7 Å². The van der Waals surface area contributed by atoms with E-state index < -0.39 is 0 Å². The minimum atomic E-state index is 0.390. The Morgan fingerprint density at radius 2 is 1.84 bits per heavy atom. The highest BCUT2D eigenvalue weighted by atomic mass is 15.2. The molecule has 0 bridgehead atoms. The molecule has 1 aromatic heterocycles. The third kappa shape index (κ3) is 5.03. The van der Waals surface area contributed by atoms with E-state index in [-0.39, 0.29) is 0 Å². The Hall–Kier alpha value is -1.92. The fourth-order valence-electron chi connectivity index (χ4n) is 3.32. The van der Waals surface area contributed by atoms with E-state index in [1.165, 1.54) is 12.8 Å². The highest BCUT2D eigenvalue weighted by Gasteiger charge is 2.18. The summed E-state index contributed by atoms with van der Waals surface area (Å²) in [5.41, 5.74) is 6.97. The molecule has 1 saturated carbocycles. The molecule has 1 heterocycles. The van der Waals surface area contributed by atoms with Gasteiger partial charge in [-0.05, 0) is 57.8 Å². The lowest BCUT2D eigenvalue weighted by atomic mass is 9.86. The van der Waals surface area contributed by atoms with E-state index in [0.717, 1.165) is 49.2 Å². The van der Waals surface area contributed by atoms with Crippen molar-refractivity contribution >= 4 is 22.7 Å². The van der Waals surface area contributed by atoms with E-state index in [2.05, 4.69) is 40.7 Å². The summed E-state index contributed by atoms with van der Waals surface area (Å²) in [7, 11) is 4.14. The molecular formula is C19H30N6. The van der Waals surface area contributed by atoms with Crippen molar-refractivity contribution in [3.05, 3.63) is 24.3 Å². The van der Waals surface area contributed by atoms with Crippen LogP contribution < -0.4 is 16.4 Å². The molecule has 2 aromatic rings. The van der Waals surface area contributed by atoms with Crippen molar-refractivity contribution in [2.24, 2.45) is 11.7 Å². The van der Waals surface area contributed by atoms with Gasteiger partial charge in [0.15, 0.2) is 0 Å². The average molecular weight is 342 g/mol. The number of nitrogens with two attached hydrogens (primary N) is 1. The Morgan fingerprint density at radius 1 is 1.08 bits per heavy atom. The summed E-state index contributed by atoms with van der Waals surface area (Å²) >= 11 is 0. The van der Waals surface area contributed by atoms with E-state index in [1.807, 2.05) is 18.2 Å². The van der Waals surface area contributed by atoms with Gasteiger partial charge in [0, 0.05) is 31.1 Å². The molecule has 3 rings (SSSR count). The van der Waals surface area contributed by atoms with Crippen LogP contribution >= 0.6 is 0 Å². The first-order valence-corrected chi connectivity index (χ1v) is 9.26. The Kier molecular flexibility index (Phi) is 6.04. The van der Waals surface area contributed by atoms with E-state index >= 15 is 0 Å². The van der Waals surface area contributed by atoms with Gasteiger partial charge in [0.2, 0.25) is 5.95 Å². The molecule has 0 saturated heterocycles. The van der Waals surface area contributed by atoms with Crippen LogP contribution in [0.15, 0.2) is 24.3 Å². The molecule has 0 unspecified atom stereocenters. The number of nitrogens with one attached hydrogen (secondary N) is 2. The number of likely N-dealkylation sites (N-methyl/N-ethyl adjacent to an activating group) is 1. The van der Waals surface area contributed by atoms with Crippen LogP contribution in [0.2, 0.25) is 0 Å². The smallest absolute Gasteiger partial charge is 0.225 e. The van der Waals surface area contributed by atoms with Crippen LogP contribution in [-0.4, -0.2) is 54.6 Å². The maximum Gasteiger partial charge on any atom is 0.225 e. The average Bonchev–Trinajstić information content (AvgIpc) is 2.61. The van der Waals surface area contributed by atoms with Gasteiger partial charge in [0.1, 0.15) is 5.82 Å². The second-order valence-electron chi connectivity index (χ2n) is 7.30. The summed E-state index contributed by atoms with van der Waals surface area (Å²) in [6, 6.07) is 8.55. The van der Waals surface area contributed by atoms with Gasteiger partial charge in [0.05, 0.1) is 5.52 Å². The third-order valence-corrected chi connectivity index (χ3v) is 4.89. The zero-order valence-electron chi connectivity index (χ0n) is 15.3. The molecule has 1 aliphatic rings. The van der Waals surface area contributed by atoms with Crippen LogP contribution in [0.4, 0.5) is 11.8 Å². The van der Waals surface area contributed by atoms with Crippen LogP contribution in [0.25, 0.3) is 10.9 Å². The standard InChI is InChI=1S/C19H30N6/c1-25(2)12-11-21-18-16-5-3-4-6-17(16)23-19(24-18)22-13-14-7-9-15(20)10-8-14/h3-6,14-15H,7-13,20H2,1-2H3,(H2,21,22,23,24). The summed E-state index contributed by atoms with van der Waals surface area (Å²) in [6.45, 7) is 2.74. The van der Waals surface area contributed by atoms with Gasteiger partial charge in [-0.3, -0.25) is 0 Å². The van der Waals surface area contributed by atoms with Crippen molar-refractivity contribution < 1.29 is 0 Å². The van der Waals surface area contributed by atoms with Gasteiger partial charge in [-0.15, -0.1) is 0 Å². The lowest BCUT2D eigenvalue weighted by Gasteiger charge is -2.26. The quantitative estimate of drug-likeness (QED) is 0.718. The Balaban J connectivity index is 1.69. The van der Waals surface area contributed by atoms with Crippen molar-refractivity contribution in [3.63, 3.8) is 0 Å². The summed E-state index contributed by atoms with van der Waals surface area (Å²) in [5, 5.41) is 7.97. The molecule has 136 valence electrons. The number of anilines is 2. The first kappa shape index (κ1) is 17.9. The van der Waals surface area contributed by atoms with Gasteiger partial charge in [-0.1, -0.05) is 12.1 Å². The molecule has 25 heavy (non-hydrogen) atoms. The number of rotatable bonds is 7. The van der Waals surface area contributed by atoms with Crippen LogP contribution in [-0.2, 0) is 0 Å². The number of aromatic nitrogens is 2. The molecule has 1 aromatic carbocycles. The fraction of sp³-hybridized carbons (Fsp3) is 0.579. The molecule has 0 radical (unpaired) electrons. The monoisotopic (exact) mass is 342 g/mol. The predicted molar refractivity (Wildman–Crippen MR) is 105 cm³/mol. The first-order chi connectivity index (χ1) is 12.1. The summed E-state index contributed by atoms with van der Waals surface area (Å²) in [4.78, 5) is 11.6. The van der Waals surface area contributed by atoms with Gasteiger partial charge in [0.25, 0.3) is 0 Å². The van der Waals surface area contributed by atoms with Gasteiger partial charge in [-0.25, -0.2) is 4.98 Å². The van der Waals surface area contributed by atoms with E-state index in [1.54, 1.807) is 0 Å². The highest BCUT2D eigenvalue weighted by molar-refractivity contribution is 5.90. The fourth-order valence-corrected chi connectivity index (χ4v) is 3.32. The predicted octanol–water partition coefficient (Wildman–Crippen LogP) is 2.53. The topological polar surface area (TPSA) is 79.1 Å². The maximum absolute atomic E-state index is 6.00. The maximum atomic E-state index is 6.00. The van der Waals surface area contributed by atoms with Gasteiger partial charge < -0.3 is 21.3 Å². The number of hydrogen-bond donors (Lipinski definition) is 3. The number of nitrogens with zero attached hydrogens (tertiary/aromatic N) is 3. The van der Waals surface area contributed by atoms with Crippen molar-refractivity contribution in [2.75, 3.05) is 44.4 Å². The third-order valence-electron chi connectivity index (χ3n) is 4.89. The van der Waals surface area contributed by atoms with Crippen molar-refractivity contribution in [2.45, 2.75) is 31.7 Å².